The Bertz CT molecular complexity index is 576. The highest BCUT2D eigenvalue weighted by Gasteiger charge is 2.14. The van der Waals surface area contributed by atoms with Crippen LogP contribution in [0.1, 0.15) is 15.9 Å². The SMILES string of the molecule is COc1cccc(C(=O)c2ccc(O)cc2)c1N. The summed E-state index contributed by atoms with van der Waals surface area (Å²) in [6.07, 6.45) is 0. The number of aromatic hydroxyl groups is 1. The van der Waals surface area contributed by atoms with E-state index in [2.05, 4.69) is 0 Å². The predicted octanol–water partition coefficient (Wildman–Crippen LogP) is 2.21. The molecular weight excluding hydrogens is 230 g/mol. The fourth-order valence-electron chi connectivity index (χ4n) is 1.69. The van der Waals surface area contributed by atoms with Crippen LogP contribution in [0, 0.1) is 0 Å². The maximum Gasteiger partial charge on any atom is 0.195 e. The molecule has 0 spiro atoms. The van der Waals surface area contributed by atoms with E-state index in [9.17, 15) is 9.90 Å². The summed E-state index contributed by atoms with van der Waals surface area (Å²) >= 11 is 0. The van der Waals surface area contributed by atoms with Crippen LogP contribution >= 0.6 is 0 Å². The average Bonchev–Trinajstić information content (AvgIpc) is 2.39. The molecule has 4 nitrogen and oxygen atoms in total. The number of ether oxygens (including phenoxy) is 1. The monoisotopic (exact) mass is 243 g/mol. The van der Waals surface area contributed by atoms with Crippen molar-refractivity contribution in [3.05, 3.63) is 53.6 Å². The van der Waals surface area contributed by atoms with E-state index in [1.165, 1.54) is 19.2 Å². The first-order chi connectivity index (χ1) is 8.63. The van der Waals surface area contributed by atoms with Crippen LogP contribution < -0.4 is 10.5 Å². The lowest BCUT2D eigenvalue weighted by molar-refractivity contribution is 0.103. The number of hydrogen-bond donors (Lipinski definition) is 2. The number of para-hydroxylation sites is 1. The predicted molar refractivity (Wildman–Crippen MR) is 68.9 cm³/mol. The Morgan fingerprint density at radius 3 is 2.44 bits per heavy atom. The zero-order valence-electron chi connectivity index (χ0n) is 9.88. The van der Waals surface area contributed by atoms with Crippen molar-refractivity contribution >= 4 is 11.5 Å². The van der Waals surface area contributed by atoms with Crippen LogP contribution in [0.15, 0.2) is 42.5 Å². The second kappa shape index (κ2) is 4.79. The van der Waals surface area contributed by atoms with Crippen molar-refractivity contribution in [2.75, 3.05) is 12.8 Å². The topological polar surface area (TPSA) is 72.5 Å². The molecule has 0 saturated heterocycles. The number of rotatable bonds is 3. The largest absolute Gasteiger partial charge is 0.508 e. The molecule has 2 aromatic rings. The van der Waals surface area contributed by atoms with Crippen molar-refractivity contribution in [2.24, 2.45) is 0 Å². The van der Waals surface area contributed by atoms with E-state index in [1.807, 2.05) is 0 Å². The molecule has 0 atom stereocenters. The average molecular weight is 243 g/mol. The summed E-state index contributed by atoms with van der Waals surface area (Å²) in [5.41, 5.74) is 7.04. The van der Waals surface area contributed by atoms with Gasteiger partial charge in [0.25, 0.3) is 0 Å². The van der Waals surface area contributed by atoms with E-state index in [1.54, 1.807) is 30.3 Å². The number of phenolic OH excluding ortho intramolecular Hbond substituents is 1. The molecule has 18 heavy (non-hydrogen) atoms. The number of anilines is 1. The maximum atomic E-state index is 12.2. The van der Waals surface area contributed by atoms with Crippen LogP contribution in [0.2, 0.25) is 0 Å². The smallest absolute Gasteiger partial charge is 0.195 e. The van der Waals surface area contributed by atoms with Gasteiger partial charge in [0.2, 0.25) is 0 Å². The number of methoxy groups -OCH3 is 1. The van der Waals surface area contributed by atoms with E-state index in [4.69, 9.17) is 10.5 Å². The van der Waals surface area contributed by atoms with Crippen LogP contribution in [0.3, 0.4) is 0 Å². The number of nitrogens with two attached hydrogens (primary N) is 1. The van der Waals surface area contributed by atoms with Crippen LogP contribution in [-0.2, 0) is 0 Å². The normalized spacial score (nSPS) is 10.1. The van der Waals surface area contributed by atoms with Crippen LogP contribution in [0.5, 0.6) is 11.5 Å². The first-order valence-corrected chi connectivity index (χ1v) is 5.39. The van der Waals surface area contributed by atoms with E-state index in [-0.39, 0.29) is 11.5 Å². The molecule has 0 aliphatic carbocycles. The molecule has 0 aromatic heterocycles. The lowest BCUT2D eigenvalue weighted by atomic mass is 10.0. The lowest BCUT2D eigenvalue weighted by Gasteiger charge is -2.09. The van der Waals surface area contributed by atoms with Crippen LogP contribution in [-0.4, -0.2) is 18.0 Å². The van der Waals surface area contributed by atoms with Gasteiger partial charge < -0.3 is 15.6 Å². The Balaban J connectivity index is 2.43. The zero-order valence-corrected chi connectivity index (χ0v) is 9.88. The molecule has 0 aliphatic heterocycles. The summed E-state index contributed by atoms with van der Waals surface area (Å²) in [5.74, 6) is 0.385. The van der Waals surface area contributed by atoms with Crippen LogP contribution in [0.25, 0.3) is 0 Å². The van der Waals surface area contributed by atoms with Gasteiger partial charge in [0.1, 0.15) is 11.5 Å². The molecule has 92 valence electrons. The minimum Gasteiger partial charge on any atom is -0.508 e. The first kappa shape index (κ1) is 12.0. The highest BCUT2D eigenvalue weighted by atomic mass is 16.5. The number of hydrogen-bond acceptors (Lipinski definition) is 4. The van der Waals surface area contributed by atoms with Crippen molar-refractivity contribution in [1.29, 1.82) is 0 Å². The number of benzene rings is 2. The number of ketones is 1. The summed E-state index contributed by atoms with van der Waals surface area (Å²) in [5, 5.41) is 9.19. The van der Waals surface area contributed by atoms with Crippen LogP contribution in [0.4, 0.5) is 5.69 Å². The molecule has 4 heteroatoms. The molecule has 0 amide bonds. The molecule has 0 unspecified atom stereocenters. The molecule has 0 radical (unpaired) electrons. The molecule has 0 aliphatic rings. The Morgan fingerprint density at radius 2 is 1.83 bits per heavy atom. The molecule has 0 saturated carbocycles. The van der Waals surface area contributed by atoms with E-state index >= 15 is 0 Å². The number of nitrogen functional groups attached to an aromatic ring is 1. The number of carbonyl (C=O) groups excluding carboxylic acids is 1. The van der Waals surface area contributed by atoms with Crippen molar-refractivity contribution in [1.82, 2.24) is 0 Å². The highest BCUT2D eigenvalue weighted by molar-refractivity contribution is 6.12. The maximum absolute atomic E-state index is 12.2. The van der Waals surface area contributed by atoms with Gasteiger partial charge in [0, 0.05) is 11.1 Å². The van der Waals surface area contributed by atoms with Gasteiger partial charge in [-0.25, -0.2) is 0 Å². The van der Waals surface area contributed by atoms with Gasteiger partial charge in [0.15, 0.2) is 5.78 Å². The van der Waals surface area contributed by atoms with E-state index < -0.39 is 0 Å². The van der Waals surface area contributed by atoms with Crippen molar-refractivity contribution in [3.8, 4) is 11.5 Å². The molecule has 2 aromatic carbocycles. The highest BCUT2D eigenvalue weighted by Crippen LogP contribution is 2.27. The summed E-state index contributed by atoms with van der Waals surface area (Å²) in [4.78, 5) is 12.2. The van der Waals surface area contributed by atoms with Crippen molar-refractivity contribution in [3.63, 3.8) is 0 Å². The third kappa shape index (κ3) is 2.13. The van der Waals surface area contributed by atoms with E-state index in [0.29, 0.717) is 22.6 Å². The third-order valence-corrected chi connectivity index (χ3v) is 2.66. The Labute approximate surface area is 105 Å². The Morgan fingerprint density at radius 1 is 1.17 bits per heavy atom. The standard InChI is InChI=1S/C14H13NO3/c1-18-12-4-2-3-11(13(12)15)14(17)9-5-7-10(16)8-6-9/h2-8,16H,15H2,1H3. The molecule has 0 heterocycles. The summed E-state index contributed by atoms with van der Waals surface area (Å²) in [7, 11) is 1.50. The second-order valence-corrected chi connectivity index (χ2v) is 3.80. The van der Waals surface area contributed by atoms with Gasteiger partial charge in [-0.15, -0.1) is 0 Å². The lowest BCUT2D eigenvalue weighted by Crippen LogP contribution is -2.06. The first-order valence-electron chi connectivity index (χ1n) is 5.39. The molecular formula is C14H13NO3. The van der Waals surface area contributed by atoms with Gasteiger partial charge >= 0.3 is 0 Å². The summed E-state index contributed by atoms with van der Waals surface area (Å²) in [6.45, 7) is 0. The van der Waals surface area contributed by atoms with Gasteiger partial charge in [-0.2, -0.15) is 0 Å². The second-order valence-electron chi connectivity index (χ2n) is 3.80. The van der Waals surface area contributed by atoms with Gasteiger partial charge in [0.05, 0.1) is 12.8 Å². The Kier molecular flexibility index (Phi) is 3.19. The molecule has 0 fully saturated rings. The minimum absolute atomic E-state index is 0.116. The fraction of sp³-hybridized carbons (Fsp3) is 0.0714. The van der Waals surface area contributed by atoms with Gasteiger partial charge in [-0.1, -0.05) is 6.07 Å². The summed E-state index contributed by atoms with van der Waals surface area (Å²) < 4.78 is 5.07. The third-order valence-electron chi connectivity index (χ3n) is 2.66. The van der Waals surface area contributed by atoms with Crippen molar-refractivity contribution < 1.29 is 14.6 Å². The molecule has 3 N–H and O–H groups in total. The van der Waals surface area contributed by atoms with Gasteiger partial charge in [-0.3, -0.25) is 4.79 Å². The molecule has 2 rings (SSSR count). The summed E-state index contributed by atoms with van der Waals surface area (Å²) in [6, 6.07) is 11.1. The van der Waals surface area contributed by atoms with E-state index in [0.717, 1.165) is 0 Å². The zero-order chi connectivity index (χ0) is 13.1. The Hall–Kier alpha value is -2.49. The van der Waals surface area contributed by atoms with Gasteiger partial charge in [-0.05, 0) is 36.4 Å². The van der Waals surface area contributed by atoms with Crippen molar-refractivity contribution in [2.45, 2.75) is 0 Å². The fourth-order valence-corrected chi connectivity index (χ4v) is 1.69. The number of phenols is 1. The quantitative estimate of drug-likeness (QED) is 0.640. The molecule has 0 bridgehead atoms. The minimum atomic E-state index is -0.202. The number of carbonyl (C=O) groups is 1.